The van der Waals surface area contributed by atoms with Crippen LogP contribution in [0.1, 0.15) is 5.56 Å². The van der Waals surface area contributed by atoms with Crippen LogP contribution in [0.3, 0.4) is 0 Å². The summed E-state index contributed by atoms with van der Waals surface area (Å²) in [5, 5.41) is 3.03. The van der Waals surface area contributed by atoms with E-state index >= 15 is 0 Å². The first-order chi connectivity index (χ1) is 8.35. The number of rotatable bonds is 6. The number of allylic oxidation sites excluding steroid dienone is 1. The van der Waals surface area contributed by atoms with Gasteiger partial charge in [0.15, 0.2) is 0 Å². The second kappa shape index (κ2) is 12.6. The van der Waals surface area contributed by atoms with Crippen LogP contribution in [0.4, 0.5) is 0 Å². The molecule has 0 saturated heterocycles. The van der Waals surface area contributed by atoms with Crippen LogP contribution in [0.2, 0.25) is 0 Å². The zero-order chi connectivity index (χ0) is 12.8. The monoisotopic (exact) mass is 235 g/mol. The molecule has 0 saturated carbocycles. The molecule has 0 radical (unpaired) electrons. The number of benzene rings is 1. The molecular formula is C13H21N3O. The zero-order valence-electron chi connectivity index (χ0n) is 10.0. The third-order valence-corrected chi connectivity index (χ3v) is 1.81. The molecule has 0 spiro atoms. The summed E-state index contributed by atoms with van der Waals surface area (Å²) in [4.78, 5) is 9.89. The molecule has 0 aromatic heterocycles. The lowest BCUT2D eigenvalue weighted by Gasteiger charge is -1.95. The van der Waals surface area contributed by atoms with E-state index in [-0.39, 0.29) is 0 Å². The van der Waals surface area contributed by atoms with E-state index in [0.717, 1.165) is 24.9 Å². The quantitative estimate of drug-likeness (QED) is 0.378. The molecule has 0 fully saturated rings. The van der Waals surface area contributed by atoms with Crippen molar-refractivity contribution in [2.24, 2.45) is 11.5 Å². The van der Waals surface area contributed by atoms with Crippen LogP contribution in [0.5, 0.6) is 0 Å². The van der Waals surface area contributed by atoms with Gasteiger partial charge in [0.25, 0.3) is 0 Å². The topological polar surface area (TPSA) is 81.1 Å². The Morgan fingerprint density at radius 3 is 2.12 bits per heavy atom. The highest BCUT2D eigenvalue weighted by Gasteiger charge is 1.79. The maximum absolute atomic E-state index is 9.89. The van der Waals surface area contributed by atoms with E-state index in [4.69, 9.17) is 11.5 Å². The molecular weight excluding hydrogens is 214 g/mol. The Kier molecular flexibility index (Phi) is 11.5. The molecule has 0 bridgehead atoms. The third-order valence-electron chi connectivity index (χ3n) is 1.81. The summed E-state index contributed by atoms with van der Waals surface area (Å²) in [6.45, 7) is 3.13. The van der Waals surface area contributed by atoms with Crippen LogP contribution in [0, 0.1) is 0 Å². The molecule has 1 aromatic carbocycles. The standard InChI is InChI=1S/C9H8O.C4H13N3/c10-8-4-7-9-5-2-1-3-6-9;5-1-3-7-4-2-6/h1-8H;7H,1-6H2. The Morgan fingerprint density at radius 1 is 1.06 bits per heavy atom. The molecule has 1 rings (SSSR count). The Balaban J connectivity index is 0.000000325. The lowest BCUT2D eigenvalue weighted by molar-refractivity contribution is -0.104. The molecule has 0 heterocycles. The summed E-state index contributed by atoms with van der Waals surface area (Å²) < 4.78 is 0. The van der Waals surface area contributed by atoms with Crippen molar-refractivity contribution in [3.63, 3.8) is 0 Å². The molecule has 0 aliphatic heterocycles. The Labute approximate surface area is 103 Å². The molecule has 4 heteroatoms. The van der Waals surface area contributed by atoms with Crippen molar-refractivity contribution in [2.75, 3.05) is 26.2 Å². The average Bonchev–Trinajstić information content (AvgIpc) is 2.39. The Bertz CT molecular complexity index is 295. The smallest absolute Gasteiger partial charge is 0.142 e. The van der Waals surface area contributed by atoms with Gasteiger partial charge in [0.1, 0.15) is 6.29 Å². The summed E-state index contributed by atoms with van der Waals surface area (Å²) in [5.41, 5.74) is 11.4. The molecule has 5 N–H and O–H groups in total. The fraction of sp³-hybridized carbons (Fsp3) is 0.308. The number of nitrogens with one attached hydrogen (secondary N) is 1. The second-order valence-corrected chi connectivity index (χ2v) is 3.23. The van der Waals surface area contributed by atoms with Crippen molar-refractivity contribution >= 4 is 12.4 Å². The first-order valence-corrected chi connectivity index (χ1v) is 5.63. The van der Waals surface area contributed by atoms with Gasteiger partial charge in [-0.25, -0.2) is 0 Å². The van der Waals surface area contributed by atoms with E-state index in [0.29, 0.717) is 13.1 Å². The van der Waals surface area contributed by atoms with E-state index in [2.05, 4.69) is 5.32 Å². The number of aldehydes is 1. The summed E-state index contributed by atoms with van der Waals surface area (Å²) >= 11 is 0. The highest BCUT2D eigenvalue weighted by Crippen LogP contribution is 1.99. The first-order valence-electron chi connectivity index (χ1n) is 5.63. The number of hydrogen-bond acceptors (Lipinski definition) is 4. The van der Waals surface area contributed by atoms with Gasteiger partial charge in [-0.15, -0.1) is 0 Å². The molecule has 0 unspecified atom stereocenters. The highest BCUT2D eigenvalue weighted by molar-refractivity contribution is 5.73. The van der Waals surface area contributed by atoms with Crippen LogP contribution in [-0.4, -0.2) is 32.5 Å². The van der Waals surface area contributed by atoms with Crippen molar-refractivity contribution in [3.05, 3.63) is 42.0 Å². The van der Waals surface area contributed by atoms with Crippen molar-refractivity contribution in [2.45, 2.75) is 0 Å². The summed E-state index contributed by atoms with van der Waals surface area (Å²) in [5.74, 6) is 0. The summed E-state index contributed by atoms with van der Waals surface area (Å²) in [7, 11) is 0. The SMILES string of the molecule is NCCNCCN.O=CC=Cc1ccccc1. The fourth-order valence-electron chi connectivity index (χ4n) is 1.04. The molecule has 94 valence electrons. The van der Waals surface area contributed by atoms with Crippen LogP contribution in [-0.2, 0) is 4.79 Å². The zero-order valence-corrected chi connectivity index (χ0v) is 10.0. The maximum atomic E-state index is 9.89. The lowest BCUT2D eigenvalue weighted by atomic mass is 10.2. The van der Waals surface area contributed by atoms with Gasteiger partial charge in [-0.05, 0) is 11.6 Å². The minimum absolute atomic E-state index is 0.694. The number of carbonyl (C=O) groups excluding carboxylic acids is 1. The molecule has 0 amide bonds. The van der Waals surface area contributed by atoms with Crippen LogP contribution >= 0.6 is 0 Å². The van der Waals surface area contributed by atoms with Crippen LogP contribution < -0.4 is 16.8 Å². The van der Waals surface area contributed by atoms with Gasteiger partial charge < -0.3 is 16.8 Å². The van der Waals surface area contributed by atoms with Crippen molar-refractivity contribution in [3.8, 4) is 0 Å². The van der Waals surface area contributed by atoms with E-state index in [1.165, 1.54) is 6.08 Å². The molecule has 0 aliphatic rings. The highest BCUT2D eigenvalue weighted by atomic mass is 16.1. The Hall–Kier alpha value is -1.49. The third kappa shape index (κ3) is 10.8. The second-order valence-electron chi connectivity index (χ2n) is 3.23. The van der Waals surface area contributed by atoms with Gasteiger partial charge in [0, 0.05) is 26.2 Å². The van der Waals surface area contributed by atoms with E-state index < -0.39 is 0 Å². The normalized spacial score (nSPS) is 9.76. The molecule has 1 aromatic rings. The Morgan fingerprint density at radius 2 is 1.65 bits per heavy atom. The van der Waals surface area contributed by atoms with Crippen LogP contribution in [0.15, 0.2) is 36.4 Å². The van der Waals surface area contributed by atoms with Gasteiger partial charge in [0.05, 0.1) is 0 Å². The minimum atomic E-state index is 0.694. The molecule has 0 aliphatic carbocycles. The van der Waals surface area contributed by atoms with Crippen molar-refractivity contribution in [1.82, 2.24) is 5.32 Å². The van der Waals surface area contributed by atoms with Gasteiger partial charge in [-0.3, -0.25) is 4.79 Å². The predicted octanol–water partition coefficient (Wildman–Crippen LogP) is 0.392. The van der Waals surface area contributed by atoms with Crippen molar-refractivity contribution < 1.29 is 4.79 Å². The summed E-state index contributed by atoms with van der Waals surface area (Å²) in [6, 6.07) is 9.70. The fourth-order valence-corrected chi connectivity index (χ4v) is 1.04. The molecule has 17 heavy (non-hydrogen) atoms. The van der Waals surface area contributed by atoms with E-state index in [9.17, 15) is 4.79 Å². The van der Waals surface area contributed by atoms with Gasteiger partial charge in [-0.1, -0.05) is 36.4 Å². The van der Waals surface area contributed by atoms with E-state index in [1.807, 2.05) is 30.3 Å². The molecule has 4 nitrogen and oxygen atoms in total. The van der Waals surface area contributed by atoms with Gasteiger partial charge in [0.2, 0.25) is 0 Å². The summed E-state index contributed by atoms with van der Waals surface area (Å²) in [6.07, 6.45) is 4.02. The van der Waals surface area contributed by atoms with Gasteiger partial charge >= 0.3 is 0 Å². The predicted molar refractivity (Wildman–Crippen MR) is 72.5 cm³/mol. The lowest BCUT2D eigenvalue weighted by Crippen LogP contribution is -2.27. The number of hydrogen-bond donors (Lipinski definition) is 3. The number of carbonyl (C=O) groups is 1. The molecule has 0 atom stereocenters. The van der Waals surface area contributed by atoms with Crippen LogP contribution in [0.25, 0.3) is 6.08 Å². The first kappa shape index (κ1) is 15.5. The minimum Gasteiger partial charge on any atom is -0.329 e. The number of nitrogens with two attached hydrogens (primary N) is 2. The van der Waals surface area contributed by atoms with Gasteiger partial charge in [-0.2, -0.15) is 0 Å². The maximum Gasteiger partial charge on any atom is 0.142 e. The average molecular weight is 235 g/mol. The van der Waals surface area contributed by atoms with Crippen molar-refractivity contribution in [1.29, 1.82) is 0 Å². The van der Waals surface area contributed by atoms with E-state index in [1.54, 1.807) is 6.08 Å². The largest absolute Gasteiger partial charge is 0.329 e.